The third kappa shape index (κ3) is 4.32. The molecule has 0 aromatic carbocycles. The minimum atomic E-state index is 0.627. The van der Waals surface area contributed by atoms with Crippen LogP contribution in [0.3, 0.4) is 0 Å². The molecule has 1 saturated heterocycles. The first kappa shape index (κ1) is 16.0. The van der Waals surface area contributed by atoms with Crippen LogP contribution in [0, 0.1) is 0 Å². The quantitative estimate of drug-likeness (QED) is 0.865. The number of rotatable bonds is 6. The molecule has 1 aromatic heterocycles. The van der Waals surface area contributed by atoms with Gasteiger partial charge in [-0.2, -0.15) is 0 Å². The molecule has 0 amide bonds. The first-order chi connectivity index (χ1) is 10.3. The molecule has 2 rings (SSSR count). The van der Waals surface area contributed by atoms with E-state index in [1.54, 1.807) is 7.11 Å². The van der Waals surface area contributed by atoms with Crippen LogP contribution in [0.5, 0.6) is 5.88 Å². The van der Waals surface area contributed by atoms with Gasteiger partial charge in [-0.1, -0.05) is 6.92 Å². The van der Waals surface area contributed by atoms with Gasteiger partial charge >= 0.3 is 0 Å². The number of methoxy groups -OCH3 is 1. The summed E-state index contributed by atoms with van der Waals surface area (Å²) >= 11 is 0. The summed E-state index contributed by atoms with van der Waals surface area (Å²) in [4.78, 5) is 9.22. The molecule has 5 heteroatoms. The lowest BCUT2D eigenvalue weighted by atomic mass is 10.1. The number of pyridine rings is 1. The number of hydrogen-bond donors (Lipinski definition) is 1. The second kappa shape index (κ2) is 8.20. The van der Waals surface area contributed by atoms with Crippen LogP contribution in [0.1, 0.15) is 26.2 Å². The van der Waals surface area contributed by atoms with Crippen molar-refractivity contribution in [3.05, 3.63) is 18.3 Å². The minimum absolute atomic E-state index is 0.627. The van der Waals surface area contributed by atoms with Gasteiger partial charge in [0.05, 0.1) is 7.11 Å². The second-order valence-corrected chi connectivity index (χ2v) is 5.57. The van der Waals surface area contributed by atoms with Crippen LogP contribution in [0.25, 0.3) is 0 Å². The van der Waals surface area contributed by atoms with E-state index in [-0.39, 0.29) is 0 Å². The summed E-state index contributed by atoms with van der Waals surface area (Å²) in [5.41, 5.74) is 6.95. The van der Waals surface area contributed by atoms with Crippen molar-refractivity contribution in [2.45, 2.75) is 32.2 Å². The molecular weight excluding hydrogens is 264 g/mol. The molecule has 1 fully saturated rings. The Kier molecular flexibility index (Phi) is 6.26. The molecule has 0 aliphatic carbocycles. The smallest absolute Gasteiger partial charge is 0.214 e. The van der Waals surface area contributed by atoms with Gasteiger partial charge in [0.2, 0.25) is 5.88 Å². The summed E-state index contributed by atoms with van der Waals surface area (Å²) in [7, 11) is 1.66. The summed E-state index contributed by atoms with van der Waals surface area (Å²) in [5, 5.41) is 0. The summed E-state index contributed by atoms with van der Waals surface area (Å²) in [5.74, 6) is 0.683. The van der Waals surface area contributed by atoms with E-state index in [9.17, 15) is 0 Å². The normalized spacial score (nSPS) is 18.3. The van der Waals surface area contributed by atoms with Gasteiger partial charge in [-0.15, -0.1) is 0 Å². The van der Waals surface area contributed by atoms with Gasteiger partial charge < -0.3 is 15.4 Å². The van der Waals surface area contributed by atoms with Gasteiger partial charge in [0.15, 0.2) is 0 Å². The Hall–Kier alpha value is -1.33. The molecule has 0 bridgehead atoms. The lowest BCUT2D eigenvalue weighted by Gasteiger charge is -2.30. The number of nitrogens with zero attached hydrogens (tertiary/aromatic N) is 3. The summed E-state index contributed by atoms with van der Waals surface area (Å²) in [6.07, 6.45) is 5.28. The van der Waals surface area contributed by atoms with E-state index in [1.165, 1.54) is 18.5 Å². The number of ether oxygens (including phenoxy) is 1. The molecule has 0 radical (unpaired) electrons. The second-order valence-electron chi connectivity index (χ2n) is 5.57. The van der Waals surface area contributed by atoms with E-state index in [4.69, 9.17) is 10.5 Å². The van der Waals surface area contributed by atoms with Gasteiger partial charge in [-0.05, 0) is 31.9 Å². The van der Waals surface area contributed by atoms with Gasteiger partial charge in [0.25, 0.3) is 0 Å². The van der Waals surface area contributed by atoms with Crippen molar-refractivity contribution < 1.29 is 4.74 Å². The van der Waals surface area contributed by atoms with E-state index in [1.807, 2.05) is 12.3 Å². The fraction of sp³-hybridized carbons (Fsp3) is 0.688. The average Bonchev–Trinajstić information content (AvgIpc) is 2.78. The Morgan fingerprint density at radius 3 is 2.90 bits per heavy atom. The summed E-state index contributed by atoms with van der Waals surface area (Å²) < 4.78 is 5.22. The maximum absolute atomic E-state index is 5.74. The van der Waals surface area contributed by atoms with Crippen molar-refractivity contribution in [2.75, 3.05) is 44.7 Å². The van der Waals surface area contributed by atoms with Crippen molar-refractivity contribution in [3.8, 4) is 5.88 Å². The summed E-state index contributed by atoms with van der Waals surface area (Å²) in [6, 6.07) is 4.71. The van der Waals surface area contributed by atoms with Crippen molar-refractivity contribution >= 4 is 5.69 Å². The first-order valence-electron chi connectivity index (χ1n) is 7.97. The number of nitrogens with two attached hydrogens (primary N) is 1. The molecule has 2 N–H and O–H groups in total. The van der Waals surface area contributed by atoms with E-state index < -0.39 is 0 Å². The van der Waals surface area contributed by atoms with Gasteiger partial charge in [0.1, 0.15) is 0 Å². The fourth-order valence-corrected chi connectivity index (χ4v) is 3.11. The summed E-state index contributed by atoms with van der Waals surface area (Å²) in [6.45, 7) is 7.44. The number of aromatic nitrogens is 1. The van der Waals surface area contributed by atoms with E-state index >= 15 is 0 Å². The van der Waals surface area contributed by atoms with E-state index in [2.05, 4.69) is 27.8 Å². The van der Waals surface area contributed by atoms with Crippen LogP contribution in [-0.4, -0.2) is 55.8 Å². The maximum atomic E-state index is 5.74. The predicted molar refractivity (Wildman–Crippen MR) is 86.9 cm³/mol. The molecular formula is C16H28N4O. The number of anilines is 1. The molecule has 0 spiro atoms. The van der Waals surface area contributed by atoms with Gasteiger partial charge in [-0.25, -0.2) is 4.98 Å². The molecule has 118 valence electrons. The Balaban J connectivity index is 1.99. The van der Waals surface area contributed by atoms with E-state index in [0.29, 0.717) is 11.9 Å². The van der Waals surface area contributed by atoms with Crippen LogP contribution in [0.15, 0.2) is 18.3 Å². The zero-order chi connectivity index (χ0) is 15.1. The van der Waals surface area contributed by atoms with Gasteiger partial charge in [0, 0.05) is 50.2 Å². The third-order valence-electron chi connectivity index (χ3n) is 4.31. The van der Waals surface area contributed by atoms with Gasteiger partial charge in [-0.3, -0.25) is 4.90 Å². The van der Waals surface area contributed by atoms with Crippen molar-refractivity contribution in [1.82, 2.24) is 9.88 Å². The molecule has 5 nitrogen and oxygen atoms in total. The lowest BCUT2D eigenvalue weighted by molar-refractivity contribution is 0.196. The molecule has 21 heavy (non-hydrogen) atoms. The topological polar surface area (TPSA) is 54.6 Å². The molecule has 1 atom stereocenters. The molecule has 1 unspecified atom stereocenters. The zero-order valence-corrected chi connectivity index (χ0v) is 13.3. The highest BCUT2D eigenvalue weighted by molar-refractivity contribution is 5.48. The van der Waals surface area contributed by atoms with Crippen molar-refractivity contribution in [3.63, 3.8) is 0 Å². The molecule has 2 heterocycles. The molecule has 1 aliphatic heterocycles. The van der Waals surface area contributed by atoms with Crippen LogP contribution in [0.2, 0.25) is 0 Å². The zero-order valence-electron chi connectivity index (χ0n) is 13.3. The van der Waals surface area contributed by atoms with Crippen LogP contribution < -0.4 is 15.4 Å². The molecule has 1 aromatic rings. The molecule has 0 saturated carbocycles. The van der Waals surface area contributed by atoms with Crippen molar-refractivity contribution in [2.24, 2.45) is 5.73 Å². The maximum Gasteiger partial charge on any atom is 0.214 e. The lowest BCUT2D eigenvalue weighted by Crippen LogP contribution is -2.39. The van der Waals surface area contributed by atoms with Crippen LogP contribution in [-0.2, 0) is 0 Å². The average molecular weight is 292 g/mol. The highest BCUT2D eigenvalue weighted by atomic mass is 16.5. The Bertz CT molecular complexity index is 426. The first-order valence-corrected chi connectivity index (χ1v) is 7.97. The third-order valence-corrected chi connectivity index (χ3v) is 4.31. The van der Waals surface area contributed by atoms with E-state index in [0.717, 1.165) is 39.1 Å². The fourth-order valence-electron chi connectivity index (χ4n) is 3.11. The monoisotopic (exact) mass is 292 g/mol. The highest BCUT2D eigenvalue weighted by Crippen LogP contribution is 2.21. The van der Waals surface area contributed by atoms with Crippen LogP contribution >= 0.6 is 0 Å². The Morgan fingerprint density at radius 1 is 1.33 bits per heavy atom. The predicted octanol–water partition coefficient (Wildman–Crippen LogP) is 1.73. The highest BCUT2D eigenvalue weighted by Gasteiger charge is 2.20. The van der Waals surface area contributed by atoms with Crippen molar-refractivity contribution in [1.29, 1.82) is 0 Å². The number of hydrogen-bond acceptors (Lipinski definition) is 5. The standard InChI is InChI=1S/C16H28N4O/c1-3-14(5-7-17)19-9-4-10-20(12-11-19)15-6-8-18-16(13-15)21-2/h6,8,13-14H,3-5,7,9-12,17H2,1-2H3. The SMILES string of the molecule is CCC(CCN)N1CCCN(c2ccnc(OC)c2)CC1. The Morgan fingerprint density at radius 2 is 2.19 bits per heavy atom. The van der Waals surface area contributed by atoms with Crippen LogP contribution in [0.4, 0.5) is 5.69 Å². The largest absolute Gasteiger partial charge is 0.481 e. The minimum Gasteiger partial charge on any atom is -0.481 e. The Labute approximate surface area is 128 Å². The molecule has 1 aliphatic rings.